The van der Waals surface area contributed by atoms with E-state index in [9.17, 15) is 0 Å². The Balaban J connectivity index is 1.72. The van der Waals surface area contributed by atoms with Gasteiger partial charge in [-0.3, -0.25) is 9.88 Å². The molecule has 0 aromatic carbocycles. The van der Waals surface area contributed by atoms with Crippen molar-refractivity contribution in [3.05, 3.63) is 23.5 Å². The van der Waals surface area contributed by atoms with Crippen molar-refractivity contribution in [1.29, 1.82) is 0 Å². The quantitative estimate of drug-likeness (QED) is 0.903. The van der Waals surface area contributed by atoms with Crippen molar-refractivity contribution in [3.8, 4) is 5.75 Å². The molecule has 2 unspecified atom stereocenters. The van der Waals surface area contributed by atoms with Crippen LogP contribution in [0.25, 0.3) is 0 Å². The molecule has 0 radical (unpaired) electrons. The van der Waals surface area contributed by atoms with Crippen LogP contribution < -0.4 is 10.1 Å². The third kappa shape index (κ3) is 3.55. The van der Waals surface area contributed by atoms with Crippen molar-refractivity contribution in [2.45, 2.75) is 51.7 Å². The molecule has 2 heterocycles. The fourth-order valence-corrected chi connectivity index (χ4v) is 3.40. The lowest BCUT2D eigenvalue weighted by Gasteiger charge is -2.40. The second-order valence-corrected chi connectivity index (χ2v) is 6.48. The van der Waals surface area contributed by atoms with Crippen LogP contribution in [0.4, 0.5) is 0 Å². The Bertz CT molecular complexity index is 487. The monoisotopic (exact) mass is 289 g/mol. The number of hydrogen-bond acceptors (Lipinski definition) is 4. The SMILES string of the molecule is CCC1CNC(C2CC2)CN1Cc1cc(OC)cc(C)n1. The molecule has 2 atom stereocenters. The first kappa shape index (κ1) is 14.8. The summed E-state index contributed by atoms with van der Waals surface area (Å²) >= 11 is 0. The highest BCUT2D eigenvalue weighted by molar-refractivity contribution is 5.26. The number of rotatable bonds is 5. The molecule has 0 amide bonds. The van der Waals surface area contributed by atoms with E-state index in [4.69, 9.17) is 4.74 Å². The van der Waals surface area contributed by atoms with E-state index in [-0.39, 0.29) is 0 Å². The number of methoxy groups -OCH3 is 1. The molecule has 3 rings (SSSR count). The number of aryl methyl sites for hydroxylation is 1. The summed E-state index contributed by atoms with van der Waals surface area (Å²) in [5.41, 5.74) is 2.16. The maximum Gasteiger partial charge on any atom is 0.122 e. The Morgan fingerprint density at radius 3 is 2.86 bits per heavy atom. The number of nitrogens with one attached hydrogen (secondary N) is 1. The van der Waals surface area contributed by atoms with E-state index in [0.29, 0.717) is 12.1 Å². The van der Waals surface area contributed by atoms with E-state index in [1.54, 1.807) is 7.11 Å². The molecule has 21 heavy (non-hydrogen) atoms. The van der Waals surface area contributed by atoms with Crippen molar-refractivity contribution in [3.63, 3.8) is 0 Å². The van der Waals surface area contributed by atoms with Crippen LogP contribution in [0.3, 0.4) is 0 Å². The van der Waals surface area contributed by atoms with Gasteiger partial charge in [0.15, 0.2) is 0 Å². The predicted molar refractivity (Wildman–Crippen MR) is 84.5 cm³/mol. The molecule has 1 aromatic rings. The number of piperazine rings is 1. The summed E-state index contributed by atoms with van der Waals surface area (Å²) in [6, 6.07) is 5.37. The van der Waals surface area contributed by atoms with E-state index >= 15 is 0 Å². The highest BCUT2D eigenvalue weighted by Gasteiger charge is 2.36. The first-order valence-corrected chi connectivity index (χ1v) is 8.18. The highest BCUT2D eigenvalue weighted by Crippen LogP contribution is 2.34. The number of hydrogen-bond donors (Lipinski definition) is 1. The van der Waals surface area contributed by atoms with E-state index in [1.807, 2.05) is 13.0 Å². The van der Waals surface area contributed by atoms with Crippen LogP contribution in [0, 0.1) is 12.8 Å². The van der Waals surface area contributed by atoms with Crippen molar-refractivity contribution in [2.75, 3.05) is 20.2 Å². The van der Waals surface area contributed by atoms with Crippen LogP contribution >= 0.6 is 0 Å². The maximum absolute atomic E-state index is 5.38. The van der Waals surface area contributed by atoms with Crippen LogP contribution in [-0.4, -0.2) is 42.2 Å². The second kappa shape index (κ2) is 6.32. The lowest BCUT2D eigenvalue weighted by molar-refractivity contribution is 0.110. The predicted octanol–water partition coefficient (Wildman–Crippen LogP) is 2.36. The van der Waals surface area contributed by atoms with E-state index in [1.165, 1.54) is 19.3 Å². The van der Waals surface area contributed by atoms with Crippen LogP contribution in [-0.2, 0) is 6.54 Å². The molecule has 116 valence electrons. The zero-order valence-corrected chi connectivity index (χ0v) is 13.4. The van der Waals surface area contributed by atoms with Gasteiger partial charge in [-0.05, 0) is 32.1 Å². The molecule has 4 heteroatoms. The van der Waals surface area contributed by atoms with Crippen LogP contribution in [0.2, 0.25) is 0 Å². The Labute approximate surface area is 127 Å². The average Bonchev–Trinajstić information content (AvgIpc) is 3.31. The first-order chi connectivity index (χ1) is 10.2. The Morgan fingerprint density at radius 2 is 2.19 bits per heavy atom. The molecular formula is C17H27N3O. The molecule has 1 aliphatic heterocycles. The van der Waals surface area contributed by atoms with Gasteiger partial charge in [0.1, 0.15) is 5.75 Å². The summed E-state index contributed by atoms with van der Waals surface area (Å²) in [5, 5.41) is 3.74. The van der Waals surface area contributed by atoms with Gasteiger partial charge in [-0.1, -0.05) is 6.92 Å². The third-order valence-corrected chi connectivity index (χ3v) is 4.81. The fourth-order valence-electron chi connectivity index (χ4n) is 3.40. The molecule has 1 aliphatic carbocycles. The largest absolute Gasteiger partial charge is 0.497 e. The average molecular weight is 289 g/mol. The highest BCUT2D eigenvalue weighted by atomic mass is 16.5. The summed E-state index contributed by atoms with van der Waals surface area (Å²) in [7, 11) is 1.72. The Kier molecular flexibility index (Phi) is 4.45. The van der Waals surface area contributed by atoms with E-state index < -0.39 is 0 Å². The summed E-state index contributed by atoms with van der Waals surface area (Å²) < 4.78 is 5.38. The van der Waals surface area contributed by atoms with Crippen molar-refractivity contribution >= 4 is 0 Å². The molecule has 4 nitrogen and oxygen atoms in total. The molecule has 1 N–H and O–H groups in total. The van der Waals surface area contributed by atoms with Gasteiger partial charge in [-0.25, -0.2) is 0 Å². The Hall–Kier alpha value is -1.13. The molecule has 1 aromatic heterocycles. The Morgan fingerprint density at radius 1 is 1.38 bits per heavy atom. The summed E-state index contributed by atoms with van der Waals surface area (Å²) in [5.74, 6) is 1.82. The summed E-state index contributed by atoms with van der Waals surface area (Å²) in [6.45, 7) is 7.51. The zero-order chi connectivity index (χ0) is 14.8. The first-order valence-electron chi connectivity index (χ1n) is 8.18. The normalized spacial score (nSPS) is 26.8. The lowest BCUT2D eigenvalue weighted by Crippen LogP contribution is -2.56. The zero-order valence-electron chi connectivity index (χ0n) is 13.4. The van der Waals surface area contributed by atoms with E-state index in [0.717, 1.165) is 42.7 Å². The van der Waals surface area contributed by atoms with Gasteiger partial charge in [0.05, 0.1) is 12.8 Å². The van der Waals surface area contributed by atoms with Gasteiger partial charge < -0.3 is 10.1 Å². The molecular weight excluding hydrogens is 262 g/mol. The number of aromatic nitrogens is 1. The van der Waals surface area contributed by atoms with Gasteiger partial charge in [0, 0.05) is 49.5 Å². The number of nitrogens with zero attached hydrogens (tertiary/aromatic N) is 2. The van der Waals surface area contributed by atoms with Gasteiger partial charge >= 0.3 is 0 Å². The summed E-state index contributed by atoms with van der Waals surface area (Å²) in [6.07, 6.45) is 3.99. The third-order valence-electron chi connectivity index (χ3n) is 4.81. The summed E-state index contributed by atoms with van der Waals surface area (Å²) in [4.78, 5) is 7.30. The van der Waals surface area contributed by atoms with Crippen molar-refractivity contribution < 1.29 is 4.74 Å². The minimum absolute atomic E-state index is 0.619. The molecule has 1 saturated carbocycles. The van der Waals surface area contributed by atoms with Crippen LogP contribution in [0.1, 0.15) is 37.6 Å². The standard InChI is InChI=1S/C17H27N3O/c1-4-15-9-18-17(13-5-6-13)11-20(15)10-14-8-16(21-3)7-12(2)19-14/h7-8,13,15,17-18H,4-6,9-11H2,1-3H3. The molecule has 0 spiro atoms. The topological polar surface area (TPSA) is 37.4 Å². The van der Waals surface area contributed by atoms with Gasteiger partial charge in [-0.15, -0.1) is 0 Å². The molecule has 1 saturated heterocycles. The van der Waals surface area contributed by atoms with Crippen molar-refractivity contribution in [1.82, 2.24) is 15.2 Å². The lowest BCUT2D eigenvalue weighted by atomic mass is 10.0. The van der Waals surface area contributed by atoms with Gasteiger partial charge in [-0.2, -0.15) is 0 Å². The van der Waals surface area contributed by atoms with Gasteiger partial charge in [0.2, 0.25) is 0 Å². The fraction of sp³-hybridized carbons (Fsp3) is 0.706. The molecule has 2 fully saturated rings. The van der Waals surface area contributed by atoms with Crippen molar-refractivity contribution in [2.24, 2.45) is 5.92 Å². The maximum atomic E-state index is 5.38. The minimum Gasteiger partial charge on any atom is -0.497 e. The molecule has 2 aliphatic rings. The number of ether oxygens (including phenoxy) is 1. The minimum atomic E-state index is 0.619. The second-order valence-electron chi connectivity index (χ2n) is 6.48. The van der Waals surface area contributed by atoms with Gasteiger partial charge in [0.25, 0.3) is 0 Å². The smallest absolute Gasteiger partial charge is 0.122 e. The van der Waals surface area contributed by atoms with E-state index in [2.05, 4.69) is 28.2 Å². The molecule has 0 bridgehead atoms. The van der Waals surface area contributed by atoms with Crippen LogP contribution in [0.5, 0.6) is 5.75 Å². The number of pyridine rings is 1. The van der Waals surface area contributed by atoms with Crippen LogP contribution in [0.15, 0.2) is 12.1 Å².